The molecule has 0 spiro atoms. The molecule has 1 N–H and O–H groups in total. The Kier molecular flexibility index (Phi) is 7.22. The van der Waals surface area contributed by atoms with Crippen LogP contribution in [0.5, 0.6) is 0 Å². The van der Waals surface area contributed by atoms with Crippen molar-refractivity contribution in [1.29, 1.82) is 5.26 Å². The Morgan fingerprint density at radius 2 is 2.32 bits per heavy atom. The van der Waals surface area contributed by atoms with Gasteiger partial charge in [0.05, 0.1) is 18.6 Å². The summed E-state index contributed by atoms with van der Waals surface area (Å²) < 4.78 is 0. The predicted molar refractivity (Wildman–Crippen MR) is 78.6 cm³/mol. The maximum Gasteiger partial charge on any atom is 0.0666 e. The van der Waals surface area contributed by atoms with Crippen molar-refractivity contribution in [2.45, 2.75) is 26.8 Å². The van der Waals surface area contributed by atoms with Crippen LogP contribution in [0.2, 0.25) is 0 Å². The minimum absolute atomic E-state index is 0.0452. The highest BCUT2D eigenvalue weighted by Crippen LogP contribution is 2.18. The SMILES string of the molecule is CCN(Cc1sccc1C#CCCO)CC(C)C#N. The van der Waals surface area contributed by atoms with Crippen molar-refractivity contribution in [2.75, 3.05) is 19.7 Å². The molecule has 1 aromatic heterocycles. The van der Waals surface area contributed by atoms with E-state index < -0.39 is 0 Å². The van der Waals surface area contributed by atoms with Crippen LogP contribution in [0.4, 0.5) is 0 Å². The minimum Gasteiger partial charge on any atom is -0.395 e. The first-order valence-electron chi connectivity index (χ1n) is 6.49. The Hall–Kier alpha value is -1.33. The minimum atomic E-state index is 0.0452. The van der Waals surface area contributed by atoms with E-state index in [0.29, 0.717) is 6.42 Å². The van der Waals surface area contributed by atoms with Gasteiger partial charge in [-0.15, -0.1) is 11.3 Å². The van der Waals surface area contributed by atoms with E-state index >= 15 is 0 Å². The number of rotatable bonds is 6. The molecule has 0 amide bonds. The van der Waals surface area contributed by atoms with Gasteiger partial charge in [-0.25, -0.2) is 0 Å². The molecular formula is C15H20N2OS. The highest BCUT2D eigenvalue weighted by atomic mass is 32.1. The number of nitriles is 1. The summed E-state index contributed by atoms with van der Waals surface area (Å²) in [6.07, 6.45) is 0.512. The van der Waals surface area contributed by atoms with E-state index in [1.54, 1.807) is 11.3 Å². The van der Waals surface area contributed by atoms with Crippen LogP contribution in [0.1, 0.15) is 30.7 Å². The molecule has 1 atom stereocenters. The average Bonchev–Trinajstić information content (AvgIpc) is 2.85. The van der Waals surface area contributed by atoms with Gasteiger partial charge < -0.3 is 5.11 Å². The first kappa shape index (κ1) is 15.7. The van der Waals surface area contributed by atoms with E-state index in [1.165, 1.54) is 4.88 Å². The molecule has 0 saturated heterocycles. The van der Waals surface area contributed by atoms with Crippen LogP contribution in [0.3, 0.4) is 0 Å². The molecule has 0 aliphatic rings. The third-order valence-electron chi connectivity index (χ3n) is 2.77. The zero-order valence-corrected chi connectivity index (χ0v) is 12.3. The highest BCUT2D eigenvalue weighted by molar-refractivity contribution is 7.10. The van der Waals surface area contributed by atoms with Crippen molar-refractivity contribution in [3.63, 3.8) is 0 Å². The summed E-state index contributed by atoms with van der Waals surface area (Å²) in [5, 5.41) is 19.7. The van der Waals surface area contributed by atoms with Crippen LogP contribution in [0.15, 0.2) is 11.4 Å². The Bertz CT molecular complexity index is 478. The van der Waals surface area contributed by atoms with E-state index in [1.807, 2.05) is 18.4 Å². The summed E-state index contributed by atoms with van der Waals surface area (Å²) in [5.74, 6) is 6.10. The van der Waals surface area contributed by atoms with Crippen LogP contribution in [-0.2, 0) is 6.54 Å². The molecular weight excluding hydrogens is 256 g/mol. The second-order valence-electron chi connectivity index (χ2n) is 4.39. The van der Waals surface area contributed by atoms with E-state index in [4.69, 9.17) is 10.4 Å². The van der Waals surface area contributed by atoms with E-state index in [0.717, 1.165) is 25.2 Å². The number of hydrogen-bond donors (Lipinski definition) is 1. The van der Waals surface area contributed by atoms with Gasteiger partial charge in [-0.1, -0.05) is 18.8 Å². The van der Waals surface area contributed by atoms with Crippen molar-refractivity contribution in [3.8, 4) is 17.9 Å². The molecule has 0 aliphatic carbocycles. The van der Waals surface area contributed by atoms with Crippen LogP contribution >= 0.6 is 11.3 Å². The molecule has 4 heteroatoms. The summed E-state index contributed by atoms with van der Waals surface area (Å²) >= 11 is 1.70. The third-order valence-corrected chi connectivity index (χ3v) is 3.68. The predicted octanol–water partition coefficient (Wildman–Crippen LogP) is 2.46. The zero-order chi connectivity index (χ0) is 14.1. The van der Waals surface area contributed by atoms with Crippen molar-refractivity contribution in [3.05, 3.63) is 21.9 Å². The first-order valence-corrected chi connectivity index (χ1v) is 7.37. The lowest BCUT2D eigenvalue weighted by Crippen LogP contribution is -2.27. The van der Waals surface area contributed by atoms with Crippen LogP contribution in [0.25, 0.3) is 0 Å². The molecule has 1 rings (SSSR count). The molecule has 102 valence electrons. The first-order chi connectivity index (χ1) is 9.21. The number of aliphatic hydroxyl groups is 1. The van der Waals surface area contributed by atoms with Gasteiger partial charge in [0.1, 0.15) is 0 Å². The topological polar surface area (TPSA) is 47.3 Å². The molecule has 1 unspecified atom stereocenters. The van der Waals surface area contributed by atoms with E-state index in [2.05, 4.69) is 29.7 Å². The van der Waals surface area contributed by atoms with Gasteiger partial charge in [-0.05, 0) is 24.9 Å². The summed E-state index contributed by atoms with van der Waals surface area (Å²) in [6, 6.07) is 4.29. The van der Waals surface area contributed by atoms with Crippen LogP contribution in [0, 0.1) is 29.1 Å². The fourth-order valence-electron chi connectivity index (χ4n) is 1.72. The summed E-state index contributed by atoms with van der Waals surface area (Å²) in [4.78, 5) is 3.49. The molecule has 1 heterocycles. The maximum atomic E-state index is 8.88. The molecule has 19 heavy (non-hydrogen) atoms. The van der Waals surface area contributed by atoms with Gasteiger partial charge >= 0.3 is 0 Å². The molecule has 0 fully saturated rings. The van der Waals surface area contributed by atoms with Crippen molar-refractivity contribution in [2.24, 2.45) is 5.92 Å². The summed E-state index contributed by atoms with van der Waals surface area (Å²) in [5.41, 5.74) is 1.04. The number of aliphatic hydroxyl groups excluding tert-OH is 1. The lowest BCUT2D eigenvalue weighted by molar-refractivity contribution is 0.262. The lowest BCUT2D eigenvalue weighted by atomic mass is 10.2. The van der Waals surface area contributed by atoms with E-state index in [-0.39, 0.29) is 12.5 Å². The lowest BCUT2D eigenvalue weighted by Gasteiger charge is -2.20. The highest BCUT2D eigenvalue weighted by Gasteiger charge is 2.11. The maximum absolute atomic E-state index is 8.88. The van der Waals surface area contributed by atoms with Gasteiger partial charge in [0.15, 0.2) is 0 Å². The number of thiophene rings is 1. The normalized spacial score (nSPS) is 11.7. The monoisotopic (exact) mass is 276 g/mol. The fourth-order valence-corrected chi connectivity index (χ4v) is 2.60. The van der Waals surface area contributed by atoms with Crippen molar-refractivity contribution < 1.29 is 5.11 Å². The van der Waals surface area contributed by atoms with Gasteiger partial charge in [-0.2, -0.15) is 5.26 Å². The molecule has 0 bridgehead atoms. The van der Waals surface area contributed by atoms with Crippen molar-refractivity contribution in [1.82, 2.24) is 4.90 Å². The Morgan fingerprint density at radius 3 is 2.95 bits per heavy atom. The van der Waals surface area contributed by atoms with Crippen LogP contribution < -0.4 is 0 Å². The molecule has 0 aliphatic heterocycles. The Morgan fingerprint density at radius 1 is 1.53 bits per heavy atom. The third kappa shape index (κ3) is 5.44. The fraction of sp³-hybridized carbons (Fsp3) is 0.533. The molecule has 0 saturated carbocycles. The quantitative estimate of drug-likeness (QED) is 0.812. The smallest absolute Gasteiger partial charge is 0.0666 e. The molecule has 0 aromatic carbocycles. The van der Waals surface area contributed by atoms with Gasteiger partial charge in [0.2, 0.25) is 0 Å². The largest absolute Gasteiger partial charge is 0.395 e. The average molecular weight is 276 g/mol. The van der Waals surface area contributed by atoms with Crippen molar-refractivity contribution >= 4 is 11.3 Å². The van der Waals surface area contributed by atoms with Gasteiger partial charge in [0, 0.05) is 30.0 Å². The zero-order valence-electron chi connectivity index (χ0n) is 11.5. The summed E-state index contributed by atoms with van der Waals surface area (Å²) in [7, 11) is 0. The van der Waals surface area contributed by atoms with Crippen LogP contribution in [-0.4, -0.2) is 29.7 Å². The molecule has 1 aromatic rings. The molecule has 3 nitrogen and oxygen atoms in total. The molecule has 0 radical (unpaired) electrons. The number of nitrogens with zero attached hydrogens (tertiary/aromatic N) is 2. The second kappa shape index (κ2) is 8.72. The summed E-state index contributed by atoms with van der Waals surface area (Å²) in [6.45, 7) is 6.70. The standard InChI is InChI=1S/C15H20N2OS/c1-3-17(11-13(2)10-16)12-15-14(7-9-19-15)6-4-5-8-18/h7,9,13,18H,3,5,8,11-12H2,1-2H3. The van der Waals surface area contributed by atoms with Gasteiger partial charge in [0.25, 0.3) is 0 Å². The number of hydrogen-bond acceptors (Lipinski definition) is 4. The second-order valence-corrected chi connectivity index (χ2v) is 5.39. The Balaban J connectivity index is 2.68. The van der Waals surface area contributed by atoms with E-state index in [9.17, 15) is 0 Å². The Labute approximate surface area is 119 Å². The van der Waals surface area contributed by atoms with Gasteiger partial charge in [-0.3, -0.25) is 4.90 Å².